The van der Waals surface area contributed by atoms with E-state index in [2.05, 4.69) is 15.5 Å². The summed E-state index contributed by atoms with van der Waals surface area (Å²) in [5, 5.41) is 18.5. The van der Waals surface area contributed by atoms with E-state index in [-0.39, 0.29) is 16.5 Å². The molecule has 1 N–H and O–H groups in total. The molecule has 0 radical (unpaired) electrons. The maximum Gasteiger partial charge on any atom is 0.324 e. The average molecular weight is 310 g/mol. The van der Waals surface area contributed by atoms with Gasteiger partial charge in [0.15, 0.2) is 5.82 Å². The van der Waals surface area contributed by atoms with Crippen molar-refractivity contribution < 1.29 is 14.2 Å². The average Bonchev–Trinajstić information content (AvgIpc) is 3.04. The zero-order valence-electron chi connectivity index (χ0n) is 11.7. The third-order valence-corrected chi connectivity index (χ3v) is 3.67. The molecule has 0 bridgehead atoms. The molecule has 0 saturated heterocycles. The van der Waals surface area contributed by atoms with Gasteiger partial charge in [0.05, 0.1) is 10.5 Å². The Morgan fingerprint density at radius 2 is 2.24 bits per heavy atom. The molecule has 1 amide bonds. The first kappa shape index (κ1) is 15.1. The summed E-state index contributed by atoms with van der Waals surface area (Å²) in [6.07, 6.45) is 0. The quantitative estimate of drug-likeness (QED) is 0.670. The molecule has 2 aromatic heterocycles. The fraction of sp³-hybridized carbons (Fsp3) is 0.417. The van der Waals surface area contributed by atoms with E-state index in [1.165, 1.54) is 11.4 Å². The molecule has 112 valence electrons. The van der Waals surface area contributed by atoms with Crippen LogP contribution < -0.4 is 5.32 Å². The van der Waals surface area contributed by atoms with Crippen molar-refractivity contribution in [2.45, 2.75) is 26.8 Å². The summed E-state index contributed by atoms with van der Waals surface area (Å²) >= 11 is 0.910. The Hall–Kier alpha value is -2.29. The number of carbonyl (C=O) groups excluding carboxylic acids is 1. The molecule has 0 aromatic carbocycles. The number of aromatic nitrogens is 2. The predicted molar refractivity (Wildman–Crippen MR) is 75.1 cm³/mol. The standard InChI is InChI=1S/C12H14N4O4S/c1-6(2)10(12-13-7(3)15-20-12)14-11(17)8-4-9(16(18)19)21-5-8/h4-6,10H,1-3H3,(H,14,17). The zero-order valence-corrected chi connectivity index (χ0v) is 12.5. The number of carbonyl (C=O) groups is 1. The number of nitrogens with zero attached hydrogens (tertiary/aromatic N) is 3. The molecule has 21 heavy (non-hydrogen) atoms. The molecule has 0 aliphatic heterocycles. The Morgan fingerprint density at radius 1 is 1.52 bits per heavy atom. The van der Waals surface area contributed by atoms with Gasteiger partial charge < -0.3 is 9.84 Å². The maximum absolute atomic E-state index is 12.2. The number of aryl methyl sites for hydroxylation is 1. The Labute approximate surface area is 124 Å². The lowest BCUT2D eigenvalue weighted by Crippen LogP contribution is -2.31. The number of hydrogen-bond acceptors (Lipinski definition) is 7. The minimum Gasteiger partial charge on any atom is -0.340 e. The van der Waals surface area contributed by atoms with E-state index >= 15 is 0 Å². The fourth-order valence-corrected chi connectivity index (χ4v) is 2.42. The molecular formula is C12H14N4O4S. The van der Waals surface area contributed by atoms with Crippen molar-refractivity contribution in [1.82, 2.24) is 15.5 Å². The molecular weight excluding hydrogens is 296 g/mol. The highest BCUT2D eigenvalue weighted by molar-refractivity contribution is 7.13. The fourth-order valence-electron chi connectivity index (χ4n) is 1.72. The molecule has 9 heteroatoms. The van der Waals surface area contributed by atoms with Crippen LogP contribution in [-0.4, -0.2) is 21.0 Å². The number of nitro groups is 1. The third-order valence-electron chi connectivity index (χ3n) is 2.79. The molecule has 0 spiro atoms. The first-order valence-corrected chi connectivity index (χ1v) is 7.10. The van der Waals surface area contributed by atoms with Crippen molar-refractivity contribution in [3.8, 4) is 0 Å². The van der Waals surface area contributed by atoms with E-state index in [4.69, 9.17) is 4.52 Å². The summed E-state index contributed by atoms with van der Waals surface area (Å²) in [6.45, 7) is 5.50. The van der Waals surface area contributed by atoms with Crippen LogP contribution in [0.1, 0.15) is 42.0 Å². The van der Waals surface area contributed by atoms with Crippen LogP contribution in [-0.2, 0) is 0 Å². The highest BCUT2D eigenvalue weighted by Gasteiger charge is 2.25. The van der Waals surface area contributed by atoms with E-state index in [1.54, 1.807) is 6.92 Å². The summed E-state index contributed by atoms with van der Waals surface area (Å²) in [7, 11) is 0. The van der Waals surface area contributed by atoms with Crippen molar-refractivity contribution in [2.75, 3.05) is 0 Å². The van der Waals surface area contributed by atoms with Gasteiger partial charge in [0.1, 0.15) is 6.04 Å². The molecule has 0 fully saturated rings. The second kappa shape index (κ2) is 6.00. The first-order valence-electron chi connectivity index (χ1n) is 6.22. The highest BCUT2D eigenvalue weighted by Crippen LogP contribution is 2.25. The minimum atomic E-state index is -0.525. The summed E-state index contributed by atoms with van der Waals surface area (Å²) in [5.74, 6) is 0.424. The predicted octanol–water partition coefficient (Wildman–Crippen LogP) is 2.47. The van der Waals surface area contributed by atoms with Crippen molar-refractivity contribution in [3.05, 3.63) is 38.8 Å². The largest absolute Gasteiger partial charge is 0.340 e. The molecule has 2 aromatic rings. The molecule has 2 heterocycles. The van der Waals surface area contributed by atoms with Gasteiger partial charge in [-0.1, -0.05) is 30.3 Å². The molecule has 2 rings (SSSR count). The van der Waals surface area contributed by atoms with Crippen LogP contribution in [0.25, 0.3) is 0 Å². The lowest BCUT2D eigenvalue weighted by molar-refractivity contribution is -0.380. The Morgan fingerprint density at radius 3 is 2.71 bits per heavy atom. The summed E-state index contributed by atoms with van der Waals surface area (Å²) < 4.78 is 5.09. The first-order chi connectivity index (χ1) is 9.88. The van der Waals surface area contributed by atoms with Crippen molar-refractivity contribution in [1.29, 1.82) is 0 Å². The maximum atomic E-state index is 12.2. The summed E-state index contributed by atoms with van der Waals surface area (Å²) in [5.41, 5.74) is 0.244. The van der Waals surface area contributed by atoms with Crippen LogP contribution in [0.4, 0.5) is 5.00 Å². The zero-order chi connectivity index (χ0) is 15.6. The van der Waals surface area contributed by atoms with E-state index in [0.717, 1.165) is 11.3 Å². The molecule has 0 saturated carbocycles. The van der Waals surface area contributed by atoms with Gasteiger partial charge in [0.2, 0.25) is 5.89 Å². The van der Waals surface area contributed by atoms with E-state index in [9.17, 15) is 14.9 Å². The lowest BCUT2D eigenvalue weighted by Gasteiger charge is -2.17. The van der Waals surface area contributed by atoms with Crippen LogP contribution in [0.3, 0.4) is 0 Å². The van der Waals surface area contributed by atoms with Crippen molar-refractivity contribution >= 4 is 22.2 Å². The van der Waals surface area contributed by atoms with E-state index < -0.39 is 16.9 Å². The minimum absolute atomic E-state index is 0.0300. The van der Waals surface area contributed by atoms with Gasteiger partial charge in [0.25, 0.3) is 5.91 Å². The monoisotopic (exact) mass is 310 g/mol. The van der Waals surface area contributed by atoms with Gasteiger partial charge in [-0.2, -0.15) is 4.98 Å². The number of rotatable bonds is 5. The van der Waals surface area contributed by atoms with E-state index in [0.29, 0.717) is 11.7 Å². The number of hydrogen-bond donors (Lipinski definition) is 1. The summed E-state index contributed by atoms with van der Waals surface area (Å²) in [6, 6.07) is 0.800. The molecule has 8 nitrogen and oxygen atoms in total. The Bertz CT molecular complexity index is 664. The molecule has 0 aliphatic carbocycles. The van der Waals surface area contributed by atoms with Crippen LogP contribution in [0.5, 0.6) is 0 Å². The molecule has 1 atom stereocenters. The van der Waals surface area contributed by atoms with Crippen LogP contribution in [0.15, 0.2) is 16.0 Å². The molecule has 1 unspecified atom stereocenters. The topological polar surface area (TPSA) is 111 Å². The van der Waals surface area contributed by atoms with Crippen molar-refractivity contribution in [2.24, 2.45) is 5.92 Å². The van der Waals surface area contributed by atoms with Gasteiger partial charge in [-0.05, 0) is 12.8 Å². The molecule has 0 aliphatic rings. The van der Waals surface area contributed by atoms with Crippen LogP contribution in [0.2, 0.25) is 0 Å². The smallest absolute Gasteiger partial charge is 0.324 e. The second-order valence-electron chi connectivity index (χ2n) is 4.81. The summed E-state index contributed by atoms with van der Waals surface area (Å²) in [4.78, 5) is 26.4. The second-order valence-corrected chi connectivity index (χ2v) is 5.70. The Balaban J connectivity index is 2.16. The normalized spacial score (nSPS) is 12.4. The lowest BCUT2D eigenvalue weighted by atomic mass is 10.0. The van der Waals surface area contributed by atoms with Gasteiger partial charge >= 0.3 is 5.00 Å². The number of amides is 1. The highest BCUT2D eigenvalue weighted by atomic mass is 32.1. The van der Waals surface area contributed by atoms with Gasteiger partial charge in [0, 0.05) is 11.4 Å². The van der Waals surface area contributed by atoms with Crippen molar-refractivity contribution in [3.63, 3.8) is 0 Å². The van der Waals surface area contributed by atoms with Gasteiger partial charge in [-0.3, -0.25) is 14.9 Å². The Kier molecular flexibility index (Phi) is 4.32. The third kappa shape index (κ3) is 3.43. The van der Waals surface area contributed by atoms with Crippen LogP contribution >= 0.6 is 11.3 Å². The SMILES string of the molecule is Cc1noc(C(NC(=O)c2csc([N+](=O)[O-])c2)C(C)C)n1. The van der Waals surface area contributed by atoms with Gasteiger partial charge in [-0.15, -0.1) is 0 Å². The van der Waals surface area contributed by atoms with Gasteiger partial charge in [-0.25, -0.2) is 0 Å². The van der Waals surface area contributed by atoms with Crippen LogP contribution in [0, 0.1) is 23.0 Å². The number of thiophene rings is 1. The number of nitrogens with one attached hydrogen (secondary N) is 1. The van der Waals surface area contributed by atoms with E-state index in [1.807, 2.05) is 13.8 Å².